The van der Waals surface area contributed by atoms with Crippen molar-refractivity contribution in [1.82, 2.24) is 4.90 Å². The minimum atomic E-state index is 0.484. The molecule has 4 nitrogen and oxygen atoms in total. The highest BCUT2D eigenvalue weighted by Gasteiger charge is 2.01. The number of nitrogens with one attached hydrogen (secondary N) is 1. The lowest BCUT2D eigenvalue weighted by molar-refractivity contribution is 0.313. The van der Waals surface area contributed by atoms with Gasteiger partial charge in [-0.1, -0.05) is 39.8 Å². The van der Waals surface area contributed by atoms with Gasteiger partial charge in [0, 0.05) is 12.2 Å². The first-order valence-corrected chi connectivity index (χ1v) is 7.46. The molecule has 20 heavy (non-hydrogen) atoms. The molecular weight excluding hydrogens is 248 g/mol. The zero-order valence-corrected chi connectivity index (χ0v) is 13.2. The first-order chi connectivity index (χ1) is 9.56. The summed E-state index contributed by atoms with van der Waals surface area (Å²) in [7, 11) is 0. The van der Waals surface area contributed by atoms with Crippen LogP contribution in [0.2, 0.25) is 0 Å². The van der Waals surface area contributed by atoms with Crippen molar-refractivity contribution in [2.75, 3.05) is 31.5 Å². The van der Waals surface area contributed by atoms with Crippen LogP contribution in [0.15, 0.2) is 29.3 Å². The van der Waals surface area contributed by atoms with Crippen LogP contribution in [0.4, 0.5) is 5.69 Å². The summed E-state index contributed by atoms with van der Waals surface area (Å²) in [5.74, 6) is 0.996. The van der Waals surface area contributed by atoms with Gasteiger partial charge >= 0.3 is 0 Å². The maximum atomic E-state index is 5.92. The van der Waals surface area contributed by atoms with Crippen LogP contribution in [0.25, 0.3) is 0 Å². The molecule has 0 aliphatic heterocycles. The SMILES string of the molecule is CCN(CC)CCN=C(N)Nc1cccc(C(C)C)c1. The number of likely N-dealkylation sites (N-methyl/N-ethyl adjacent to an activating group) is 1. The molecule has 1 rings (SSSR count). The van der Waals surface area contributed by atoms with Gasteiger partial charge in [0.05, 0.1) is 6.54 Å². The largest absolute Gasteiger partial charge is 0.370 e. The van der Waals surface area contributed by atoms with Crippen molar-refractivity contribution in [3.8, 4) is 0 Å². The van der Waals surface area contributed by atoms with Crippen LogP contribution < -0.4 is 11.1 Å². The van der Waals surface area contributed by atoms with Crippen LogP contribution in [0.1, 0.15) is 39.2 Å². The monoisotopic (exact) mass is 276 g/mol. The van der Waals surface area contributed by atoms with Gasteiger partial charge in [-0.3, -0.25) is 4.99 Å². The normalized spacial score (nSPS) is 12.2. The Morgan fingerprint density at radius 3 is 2.60 bits per heavy atom. The van der Waals surface area contributed by atoms with Crippen LogP contribution >= 0.6 is 0 Å². The Morgan fingerprint density at radius 2 is 2.00 bits per heavy atom. The third kappa shape index (κ3) is 5.61. The summed E-state index contributed by atoms with van der Waals surface area (Å²) in [6.45, 7) is 12.5. The molecule has 0 spiro atoms. The second kappa shape index (κ2) is 8.59. The molecule has 0 heterocycles. The molecule has 0 saturated heterocycles. The topological polar surface area (TPSA) is 53.6 Å². The zero-order valence-electron chi connectivity index (χ0n) is 13.2. The van der Waals surface area contributed by atoms with Crippen LogP contribution in [-0.4, -0.2) is 37.0 Å². The first-order valence-electron chi connectivity index (χ1n) is 7.46. The molecule has 1 aromatic carbocycles. The van der Waals surface area contributed by atoms with Crippen molar-refractivity contribution in [3.05, 3.63) is 29.8 Å². The highest BCUT2D eigenvalue weighted by atomic mass is 15.1. The fraction of sp³-hybridized carbons (Fsp3) is 0.562. The van der Waals surface area contributed by atoms with Crippen molar-refractivity contribution in [3.63, 3.8) is 0 Å². The number of nitrogens with two attached hydrogens (primary N) is 1. The lowest BCUT2D eigenvalue weighted by Crippen LogP contribution is -2.28. The Hall–Kier alpha value is -1.55. The summed E-state index contributed by atoms with van der Waals surface area (Å²) in [6.07, 6.45) is 0. The molecular formula is C16H28N4. The Balaban J connectivity index is 2.52. The van der Waals surface area contributed by atoms with Gasteiger partial charge in [0.25, 0.3) is 0 Å². The summed E-state index contributed by atoms with van der Waals surface area (Å²) in [4.78, 5) is 6.70. The van der Waals surface area contributed by atoms with Gasteiger partial charge in [-0.25, -0.2) is 0 Å². The Kier molecular flexibility index (Phi) is 7.09. The van der Waals surface area contributed by atoms with Crippen molar-refractivity contribution in [2.45, 2.75) is 33.6 Å². The first kappa shape index (κ1) is 16.5. The van der Waals surface area contributed by atoms with Crippen molar-refractivity contribution in [2.24, 2.45) is 10.7 Å². The summed E-state index contributed by atoms with van der Waals surface area (Å²) in [6, 6.07) is 8.31. The molecule has 0 atom stereocenters. The predicted octanol–water partition coefficient (Wildman–Crippen LogP) is 2.88. The predicted molar refractivity (Wildman–Crippen MR) is 88.4 cm³/mol. The number of aliphatic imine (C=N–C) groups is 1. The van der Waals surface area contributed by atoms with E-state index in [-0.39, 0.29) is 0 Å². The third-order valence-electron chi connectivity index (χ3n) is 3.42. The van der Waals surface area contributed by atoms with Crippen molar-refractivity contribution in [1.29, 1.82) is 0 Å². The summed E-state index contributed by atoms with van der Waals surface area (Å²) >= 11 is 0. The average Bonchev–Trinajstić information content (AvgIpc) is 2.44. The second-order valence-corrected chi connectivity index (χ2v) is 5.20. The quantitative estimate of drug-likeness (QED) is 0.595. The molecule has 0 bridgehead atoms. The van der Waals surface area contributed by atoms with E-state index in [1.165, 1.54) is 5.56 Å². The number of rotatable bonds is 7. The van der Waals surface area contributed by atoms with E-state index in [9.17, 15) is 0 Å². The highest BCUT2D eigenvalue weighted by molar-refractivity contribution is 5.92. The van der Waals surface area contributed by atoms with E-state index in [2.05, 4.69) is 55.0 Å². The molecule has 0 amide bonds. The van der Waals surface area contributed by atoms with Gasteiger partial charge < -0.3 is 16.0 Å². The number of nitrogens with zero attached hydrogens (tertiary/aromatic N) is 2. The molecule has 0 saturated carbocycles. The summed E-state index contributed by atoms with van der Waals surface area (Å²) < 4.78 is 0. The van der Waals surface area contributed by atoms with Gasteiger partial charge in [-0.15, -0.1) is 0 Å². The van der Waals surface area contributed by atoms with E-state index in [4.69, 9.17) is 5.73 Å². The molecule has 0 unspecified atom stereocenters. The van der Waals surface area contributed by atoms with E-state index in [1.54, 1.807) is 0 Å². The van der Waals surface area contributed by atoms with Gasteiger partial charge in [0.15, 0.2) is 5.96 Å². The number of guanidine groups is 1. The van der Waals surface area contributed by atoms with E-state index in [0.29, 0.717) is 11.9 Å². The third-order valence-corrected chi connectivity index (χ3v) is 3.42. The van der Waals surface area contributed by atoms with Crippen LogP contribution in [0.3, 0.4) is 0 Å². The van der Waals surface area contributed by atoms with Gasteiger partial charge in [0.2, 0.25) is 0 Å². The lowest BCUT2D eigenvalue weighted by Gasteiger charge is -2.16. The number of hydrogen-bond acceptors (Lipinski definition) is 2. The fourth-order valence-corrected chi connectivity index (χ4v) is 2.01. The van der Waals surface area contributed by atoms with Crippen LogP contribution in [0.5, 0.6) is 0 Å². The molecule has 0 aliphatic rings. The van der Waals surface area contributed by atoms with Crippen molar-refractivity contribution >= 4 is 11.6 Å². The molecule has 4 heteroatoms. The average molecular weight is 276 g/mol. The molecule has 0 aromatic heterocycles. The molecule has 3 N–H and O–H groups in total. The summed E-state index contributed by atoms with van der Waals surface area (Å²) in [5.41, 5.74) is 8.22. The van der Waals surface area contributed by atoms with Gasteiger partial charge in [-0.05, 0) is 36.7 Å². The van der Waals surface area contributed by atoms with Crippen LogP contribution in [0, 0.1) is 0 Å². The molecule has 0 radical (unpaired) electrons. The Morgan fingerprint density at radius 1 is 1.30 bits per heavy atom. The highest BCUT2D eigenvalue weighted by Crippen LogP contribution is 2.18. The van der Waals surface area contributed by atoms with E-state index in [1.807, 2.05) is 12.1 Å². The van der Waals surface area contributed by atoms with Gasteiger partial charge in [-0.2, -0.15) is 0 Å². The molecule has 112 valence electrons. The van der Waals surface area contributed by atoms with E-state index >= 15 is 0 Å². The van der Waals surface area contributed by atoms with Crippen molar-refractivity contribution < 1.29 is 0 Å². The summed E-state index contributed by atoms with van der Waals surface area (Å²) in [5, 5.41) is 3.16. The Bertz CT molecular complexity index is 422. The standard InChI is InChI=1S/C16H28N4/c1-5-20(6-2)11-10-18-16(17)19-15-9-7-8-14(12-15)13(3)4/h7-9,12-13H,5-6,10-11H2,1-4H3,(H3,17,18,19). The minimum absolute atomic E-state index is 0.484. The molecule has 1 aromatic rings. The second-order valence-electron chi connectivity index (χ2n) is 5.20. The minimum Gasteiger partial charge on any atom is -0.370 e. The van der Waals surface area contributed by atoms with E-state index < -0.39 is 0 Å². The molecule has 0 aliphatic carbocycles. The Labute approximate surface area is 123 Å². The molecule has 0 fully saturated rings. The number of anilines is 1. The van der Waals surface area contributed by atoms with Crippen LogP contribution in [-0.2, 0) is 0 Å². The van der Waals surface area contributed by atoms with E-state index in [0.717, 1.165) is 31.9 Å². The number of hydrogen-bond donors (Lipinski definition) is 2. The smallest absolute Gasteiger partial charge is 0.193 e. The zero-order chi connectivity index (χ0) is 15.0. The lowest BCUT2D eigenvalue weighted by atomic mass is 10.0. The maximum absolute atomic E-state index is 5.92. The number of benzene rings is 1. The van der Waals surface area contributed by atoms with Gasteiger partial charge in [0.1, 0.15) is 0 Å². The fourth-order valence-electron chi connectivity index (χ4n) is 2.01. The maximum Gasteiger partial charge on any atom is 0.193 e.